The maximum absolute atomic E-state index is 13.3. The van der Waals surface area contributed by atoms with E-state index in [0.29, 0.717) is 13.1 Å². The third kappa shape index (κ3) is 4.85. The number of morpholine rings is 1. The summed E-state index contributed by atoms with van der Waals surface area (Å²) in [7, 11) is 3.45. The van der Waals surface area contributed by atoms with Crippen molar-refractivity contribution in [1.29, 1.82) is 0 Å². The Labute approximate surface area is 171 Å². The van der Waals surface area contributed by atoms with E-state index in [4.69, 9.17) is 9.47 Å². The fourth-order valence-corrected chi connectivity index (χ4v) is 3.73. The molecule has 156 valence electrons. The van der Waals surface area contributed by atoms with Crippen molar-refractivity contribution in [3.05, 3.63) is 58.7 Å². The first-order valence-electron chi connectivity index (χ1n) is 9.78. The van der Waals surface area contributed by atoms with Crippen LogP contribution in [0.4, 0.5) is 4.39 Å². The zero-order chi connectivity index (χ0) is 21.0. The number of hydrogen-bond acceptors (Lipinski definition) is 4. The van der Waals surface area contributed by atoms with Gasteiger partial charge in [-0.3, -0.25) is 9.98 Å². The highest BCUT2D eigenvalue weighted by Gasteiger charge is 2.28. The van der Waals surface area contributed by atoms with Gasteiger partial charge in [-0.2, -0.15) is 0 Å². The largest absolute Gasteiger partial charge is 0.496 e. The normalized spacial score (nSPS) is 19.9. The summed E-state index contributed by atoms with van der Waals surface area (Å²) >= 11 is 0. The van der Waals surface area contributed by atoms with Crippen molar-refractivity contribution in [2.45, 2.75) is 39.5 Å². The zero-order valence-electron chi connectivity index (χ0n) is 17.7. The molecule has 0 radical (unpaired) electrons. The van der Waals surface area contributed by atoms with Gasteiger partial charge in [0.05, 0.1) is 32.0 Å². The molecule has 0 saturated carbocycles. The molecule has 0 amide bonds. The standard InChI is InChI=1S/C22H29FN4O2/c1-14-10-25-19(16(3)21(14)28-5)11-26-22(24-4)27-12-15(2)29-20(13-27)17-6-8-18(23)9-7-17/h6-10,15,20H,11-13H2,1-5H3,(H,24,26). The van der Waals surface area contributed by atoms with E-state index in [9.17, 15) is 4.39 Å². The van der Waals surface area contributed by atoms with E-state index in [2.05, 4.69) is 20.2 Å². The van der Waals surface area contributed by atoms with Gasteiger partial charge in [-0.25, -0.2) is 4.39 Å². The highest BCUT2D eigenvalue weighted by Crippen LogP contribution is 2.26. The van der Waals surface area contributed by atoms with Crippen molar-refractivity contribution in [3.63, 3.8) is 0 Å². The monoisotopic (exact) mass is 400 g/mol. The number of ether oxygens (including phenoxy) is 2. The summed E-state index contributed by atoms with van der Waals surface area (Å²) in [6, 6.07) is 6.49. The Bertz CT molecular complexity index is 870. The topological polar surface area (TPSA) is 59.0 Å². The Morgan fingerprint density at radius 3 is 2.69 bits per heavy atom. The number of aryl methyl sites for hydroxylation is 1. The molecular formula is C22H29FN4O2. The van der Waals surface area contributed by atoms with Gasteiger partial charge in [-0.15, -0.1) is 0 Å². The van der Waals surface area contributed by atoms with Crippen LogP contribution >= 0.6 is 0 Å². The average Bonchev–Trinajstić information content (AvgIpc) is 2.70. The van der Waals surface area contributed by atoms with Crippen molar-refractivity contribution >= 4 is 5.96 Å². The number of benzene rings is 1. The molecule has 2 heterocycles. The Hall–Kier alpha value is -2.67. The molecule has 7 heteroatoms. The summed E-state index contributed by atoms with van der Waals surface area (Å²) in [6.07, 6.45) is 1.71. The van der Waals surface area contributed by atoms with Crippen LogP contribution in [0.3, 0.4) is 0 Å². The fraction of sp³-hybridized carbons (Fsp3) is 0.455. The number of hydrogen-bond donors (Lipinski definition) is 1. The van der Waals surface area contributed by atoms with Crippen LogP contribution in [0.15, 0.2) is 35.5 Å². The van der Waals surface area contributed by atoms with Crippen LogP contribution in [-0.2, 0) is 11.3 Å². The predicted molar refractivity (Wildman–Crippen MR) is 112 cm³/mol. The third-order valence-electron chi connectivity index (χ3n) is 5.18. The molecule has 0 aliphatic carbocycles. The molecule has 1 N–H and O–H groups in total. The van der Waals surface area contributed by atoms with E-state index in [1.54, 1.807) is 26.3 Å². The van der Waals surface area contributed by atoms with Gasteiger partial charge < -0.3 is 19.7 Å². The fourth-order valence-electron chi connectivity index (χ4n) is 3.73. The molecule has 0 spiro atoms. The number of methoxy groups -OCH3 is 1. The maximum atomic E-state index is 13.3. The van der Waals surface area contributed by atoms with Crippen LogP contribution in [0, 0.1) is 19.7 Å². The Morgan fingerprint density at radius 1 is 1.31 bits per heavy atom. The Morgan fingerprint density at radius 2 is 2.03 bits per heavy atom. The molecule has 6 nitrogen and oxygen atoms in total. The molecule has 2 unspecified atom stereocenters. The number of pyridine rings is 1. The van der Waals surface area contributed by atoms with Crippen LogP contribution < -0.4 is 10.1 Å². The summed E-state index contributed by atoms with van der Waals surface area (Å²) in [5.74, 6) is 1.40. The van der Waals surface area contributed by atoms with E-state index < -0.39 is 0 Å². The number of aliphatic imine (C=N–C) groups is 1. The van der Waals surface area contributed by atoms with Crippen molar-refractivity contribution in [1.82, 2.24) is 15.2 Å². The summed E-state index contributed by atoms with van der Waals surface area (Å²) in [4.78, 5) is 11.2. The van der Waals surface area contributed by atoms with E-state index in [0.717, 1.165) is 40.6 Å². The zero-order valence-corrected chi connectivity index (χ0v) is 17.7. The lowest BCUT2D eigenvalue weighted by Crippen LogP contribution is -2.50. The van der Waals surface area contributed by atoms with Gasteiger partial charge in [0, 0.05) is 30.9 Å². The second-order valence-electron chi connectivity index (χ2n) is 7.34. The van der Waals surface area contributed by atoms with Gasteiger partial charge in [-0.1, -0.05) is 12.1 Å². The summed E-state index contributed by atoms with van der Waals surface area (Å²) in [5.41, 5.74) is 3.92. The molecule has 3 rings (SSSR count). The first-order chi connectivity index (χ1) is 13.9. The van der Waals surface area contributed by atoms with Crippen LogP contribution in [0.1, 0.15) is 35.4 Å². The van der Waals surface area contributed by atoms with E-state index in [1.807, 2.05) is 27.0 Å². The maximum Gasteiger partial charge on any atom is 0.194 e. The van der Waals surface area contributed by atoms with Crippen molar-refractivity contribution in [3.8, 4) is 5.75 Å². The van der Waals surface area contributed by atoms with Gasteiger partial charge in [0.15, 0.2) is 5.96 Å². The van der Waals surface area contributed by atoms with Gasteiger partial charge in [0.2, 0.25) is 0 Å². The number of nitrogens with one attached hydrogen (secondary N) is 1. The number of aromatic nitrogens is 1. The van der Waals surface area contributed by atoms with Gasteiger partial charge in [0.25, 0.3) is 0 Å². The molecule has 1 aliphatic rings. The van der Waals surface area contributed by atoms with Gasteiger partial charge >= 0.3 is 0 Å². The lowest BCUT2D eigenvalue weighted by atomic mass is 10.1. The number of nitrogens with zero attached hydrogens (tertiary/aromatic N) is 3. The minimum Gasteiger partial charge on any atom is -0.496 e. The van der Waals surface area contributed by atoms with Crippen LogP contribution in [0.25, 0.3) is 0 Å². The summed E-state index contributed by atoms with van der Waals surface area (Å²) in [5, 5.41) is 3.41. The molecule has 1 aliphatic heterocycles. The van der Waals surface area contributed by atoms with Crippen molar-refractivity contribution in [2.75, 3.05) is 27.2 Å². The lowest BCUT2D eigenvalue weighted by molar-refractivity contribution is -0.0605. The second kappa shape index (κ2) is 9.22. The highest BCUT2D eigenvalue weighted by molar-refractivity contribution is 5.80. The molecule has 1 saturated heterocycles. The van der Waals surface area contributed by atoms with Crippen LogP contribution in [-0.4, -0.2) is 49.2 Å². The average molecular weight is 400 g/mol. The molecule has 1 fully saturated rings. The minimum atomic E-state index is -0.247. The van der Waals surface area contributed by atoms with Crippen molar-refractivity contribution in [2.24, 2.45) is 4.99 Å². The molecule has 2 atom stereocenters. The molecule has 29 heavy (non-hydrogen) atoms. The predicted octanol–water partition coefficient (Wildman–Crippen LogP) is 3.38. The Kier molecular flexibility index (Phi) is 6.69. The summed E-state index contributed by atoms with van der Waals surface area (Å²) < 4.78 is 24.9. The van der Waals surface area contributed by atoms with E-state index in [1.165, 1.54) is 12.1 Å². The SMILES string of the molecule is CN=C(NCc1ncc(C)c(OC)c1C)N1CC(C)OC(c2ccc(F)cc2)C1. The van der Waals surface area contributed by atoms with Gasteiger partial charge in [0.1, 0.15) is 17.7 Å². The van der Waals surface area contributed by atoms with Crippen LogP contribution in [0.5, 0.6) is 5.75 Å². The first kappa shape index (κ1) is 21.0. The van der Waals surface area contributed by atoms with Gasteiger partial charge in [-0.05, 0) is 38.5 Å². The lowest BCUT2D eigenvalue weighted by Gasteiger charge is -2.38. The smallest absolute Gasteiger partial charge is 0.194 e. The number of guanidine groups is 1. The molecular weight excluding hydrogens is 371 g/mol. The minimum absolute atomic E-state index is 0.0247. The second-order valence-corrected chi connectivity index (χ2v) is 7.34. The van der Waals surface area contributed by atoms with Crippen molar-refractivity contribution < 1.29 is 13.9 Å². The number of rotatable bonds is 4. The van der Waals surface area contributed by atoms with E-state index in [-0.39, 0.29) is 18.0 Å². The Balaban J connectivity index is 1.72. The van der Waals surface area contributed by atoms with E-state index >= 15 is 0 Å². The number of halogens is 1. The molecule has 1 aromatic carbocycles. The highest BCUT2D eigenvalue weighted by atomic mass is 19.1. The summed E-state index contributed by atoms with van der Waals surface area (Å²) in [6.45, 7) is 7.94. The van der Waals surface area contributed by atoms with Crippen LogP contribution in [0.2, 0.25) is 0 Å². The molecule has 0 bridgehead atoms. The molecule has 1 aromatic heterocycles. The molecule has 2 aromatic rings. The third-order valence-corrected chi connectivity index (χ3v) is 5.18. The first-order valence-corrected chi connectivity index (χ1v) is 9.78. The quantitative estimate of drug-likeness (QED) is 0.630.